The van der Waals surface area contributed by atoms with Crippen LogP contribution >= 0.6 is 11.6 Å². The van der Waals surface area contributed by atoms with Crippen molar-refractivity contribution in [2.45, 2.75) is 53.1 Å². The smallest absolute Gasteiger partial charge is 0.231 e. The van der Waals surface area contributed by atoms with Gasteiger partial charge < -0.3 is 10.4 Å². The third-order valence-corrected chi connectivity index (χ3v) is 7.33. The molecule has 2 aliphatic carbocycles. The first-order valence-electron chi connectivity index (χ1n) is 7.90. The van der Waals surface area contributed by atoms with Crippen LogP contribution in [0.5, 0.6) is 0 Å². The summed E-state index contributed by atoms with van der Waals surface area (Å²) in [5, 5.41) is 14.2. The summed E-state index contributed by atoms with van der Waals surface area (Å²) in [6.45, 7) is 8.27. The Labute approximate surface area is 137 Å². The summed E-state index contributed by atoms with van der Waals surface area (Å²) < 4.78 is 0. The highest BCUT2D eigenvalue weighted by Gasteiger charge is 2.72. The SMILES string of the molecule is Cc1c(Cl)cccc1NC(=O)C12CCC(C)(C(O)C1)C2(C)C. The minimum Gasteiger partial charge on any atom is -0.393 e. The fourth-order valence-electron chi connectivity index (χ4n) is 4.62. The number of hydrogen-bond donors (Lipinski definition) is 2. The van der Waals surface area contributed by atoms with Crippen molar-refractivity contribution >= 4 is 23.2 Å². The number of halogens is 1. The quantitative estimate of drug-likeness (QED) is 0.859. The number of fused-ring (bicyclic) bond motifs is 2. The average molecular weight is 322 g/mol. The third-order valence-electron chi connectivity index (χ3n) is 6.92. The maximum Gasteiger partial charge on any atom is 0.231 e. The Morgan fingerprint density at radius 2 is 2.00 bits per heavy atom. The van der Waals surface area contributed by atoms with Crippen molar-refractivity contribution in [1.29, 1.82) is 0 Å². The lowest BCUT2D eigenvalue weighted by atomic mass is 9.64. The lowest BCUT2D eigenvalue weighted by molar-refractivity contribution is -0.130. The van der Waals surface area contributed by atoms with Crippen LogP contribution in [0.2, 0.25) is 5.02 Å². The van der Waals surface area contributed by atoms with Crippen LogP contribution in [0.3, 0.4) is 0 Å². The standard InChI is InChI=1S/C18H24ClNO2/c1-11-12(19)6-5-7-13(11)20-15(22)18-9-8-17(4,14(21)10-18)16(18,2)3/h5-7,14,21H,8-10H2,1-4H3,(H,20,22). The molecule has 2 bridgehead atoms. The van der Waals surface area contributed by atoms with Crippen LogP contribution < -0.4 is 5.32 Å². The molecule has 2 fully saturated rings. The van der Waals surface area contributed by atoms with Gasteiger partial charge in [0.2, 0.25) is 5.91 Å². The normalized spacial score (nSPS) is 35.6. The molecule has 0 aliphatic heterocycles. The van der Waals surface area contributed by atoms with E-state index < -0.39 is 11.5 Å². The Bertz CT molecular complexity index is 642. The summed E-state index contributed by atoms with van der Waals surface area (Å²) >= 11 is 6.14. The molecule has 0 heterocycles. The molecular formula is C18H24ClNO2. The van der Waals surface area contributed by atoms with E-state index in [1.807, 2.05) is 25.1 Å². The van der Waals surface area contributed by atoms with E-state index in [2.05, 4.69) is 26.1 Å². The molecule has 2 saturated carbocycles. The molecule has 0 aromatic heterocycles. The zero-order chi connectivity index (χ0) is 16.3. The third kappa shape index (κ3) is 1.75. The molecule has 0 spiro atoms. The van der Waals surface area contributed by atoms with Crippen LogP contribution in [-0.4, -0.2) is 17.1 Å². The Balaban J connectivity index is 1.95. The maximum absolute atomic E-state index is 13.1. The second-order valence-electron chi connectivity index (χ2n) is 7.71. The molecule has 1 amide bonds. The molecule has 2 aliphatic rings. The Morgan fingerprint density at radius 1 is 1.32 bits per heavy atom. The van der Waals surface area contributed by atoms with Crippen LogP contribution in [-0.2, 0) is 4.79 Å². The van der Waals surface area contributed by atoms with Gasteiger partial charge in [-0.15, -0.1) is 0 Å². The molecule has 0 saturated heterocycles. The Kier molecular flexibility index (Phi) is 3.39. The van der Waals surface area contributed by atoms with Gasteiger partial charge in [0.15, 0.2) is 0 Å². The van der Waals surface area contributed by atoms with E-state index in [0.717, 1.165) is 24.1 Å². The van der Waals surface area contributed by atoms with Crippen molar-refractivity contribution in [2.75, 3.05) is 5.32 Å². The summed E-state index contributed by atoms with van der Waals surface area (Å²) in [7, 11) is 0. The van der Waals surface area contributed by atoms with Crippen molar-refractivity contribution in [3.8, 4) is 0 Å². The number of amides is 1. The van der Waals surface area contributed by atoms with Crippen LogP contribution in [0.4, 0.5) is 5.69 Å². The number of nitrogens with one attached hydrogen (secondary N) is 1. The number of aliphatic hydroxyl groups excluding tert-OH is 1. The summed E-state index contributed by atoms with van der Waals surface area (Å²) in [4.78, 5) is 13.1. The van der Waals surface area contributed by atoms with E-state index in [0.29, 0.717) is 11.4 Å². The van der Waals surface area contributed by atoms with Crippen molar-refractivity contribution in [3.05, 3.63) is 28.8 Å². The van der Waals surface area contributed by atoms with Crippen LogP contribution in [0.25, 0.3) is 0 Å². The summed E-state index contributed by atoms with van der Waals surface area (Å²) in [5.41, 5.74) is 0.725. The minimum absolute atomic E-state index is 0.0168. The highest BCUT2D eigenvalue weighted by atomic mass is 35.5. The second-order valence-corrected chi connectivity index (χ2v) is 8.12. The molecule has 2 N–H and O–H groups in total. The van der Waals surface area contributed by atoms with Gasteiger partial charge >= 0.3 is 0 Å². The van der Waals surface area contributed by atoms with E-state index >= 15 is 0 Å². The predicted molar refractivity (Wildman–Crippen MR) is 89.0 cm³/mol. The lowest BCUT2D eigenvalue weighted by Crippen LogP contribution is -2.43. The second kappa shape index (κ2) is 4.72. The lowest BCUT2D eigenvalue weighted by Gasteiger charge is -2.40. The zero-order valence-electron chi connectivity index (χ0n) is 13.7. The van der Waals surface area contributed by atoms with Gasteiger partial charge in [-0.1, -0.05) is 38.4 Å². The molecule has 1 aromatic rings. The fourth-order valence-corrected chi connectivity index (χ4v) is 4.79. The summed E-state index contributed by atoms with van der Waals surface area (Å²) in [6, 6.07) is 5.54. The van der Waals surface area contributed by atoms with E-state index in [9.17, 15) is 9.90 Å². The fraction of sp³-hybridized carbons (Fsp3) is 0.611. The molecule has 1 aromatic carbocycles. The number of benzene rings is 1. The average Bonchev–Trinajstić information content (AvgIpc) is 2.74. The largest absolute Gasteiger partial charge is 0.393 e. The van der Waals surface area contributed by atoms with Gasteiger partial charge in [0.05, 0.1) is 11.5 Å². The van der Waals surface area contributed by atoms with Crippen molar-refractivity contribution < 1.29 is 9.90 Å². The van der Waals surface area contributed by atoms with E-state index in [4.69, 9.17) is 11.6 Å². The molecule has 3 rings (SSSR count). The number of carbonyl (C=O) groups excluding carboxylic acids is 1. The maximum atomic E-state index is 13.1. The van der Waals surface area contributed by atoms with Gasteiger partial charge in [0.1, 0.15) is 0 Å². The topological polar surface area (TPSA) is 49.3 Å². The van der Waals surface area contributed by atoms with Gasteiger partial charge in [0.25, 0.3) is 0 Å². The van der Waals surface area contributed by atoms with E-state index in [1.165, 1.54) is 0 Å². The van der Waals surface area contributed by atoms with Crippen molar-refractivity contribution in [1.82, 2.24) is 0 Å². The highest BCUT2D eigenvalue weighted by molar-refractivity contribution is 6.31. The highest BCUT2D eigenvalue weighted by Crippen LogP contribution is 2.72. The number of hydrogen-bond acceptors (Lipinski definition) is 2. The molecule has 4 heteroatoms. The first kappa shape index (κ1) is 15.8. The van der Waals surface area contributed by atoms with Crippen LogP contribution in [0, 0.1) is 23.2 Å². The van der Waals surface area contributed by atoms with Crippen LogP contribution in [0.15, 0.2) is 18.2 Å². The number of rotatable bonds is 2. The van der Waals surface area contributed by atoms with Crippen LogP contribution in [0.1, 0.15) is 45.6 Å². The predicted octanol–water partition coefficient (Wildman–Crippen LogP) is 4.16. The molecule has 3 atom stereocenters. The zero-order valence-corrected chi connectivity index (χ0v) is 14.4. The first-order valence-corrected chi connectivity index (χ1v) is 8.28. The van der Waals surface area contributed by atoms with E-state index in [1.54, 1.807) is 0 Å². The summed E-state index contributed by atoms with van der Waals surface area (Å²) in [5.74, 6) is 0.0168. The molecule has 3 nitrogen and oxygen atoms in total. The van der Waals surface area contributed by atoms with Gasteiger partial charge in [-0.2, -0.15) is 0 Å². The minimum atomic E-state index is -0.504. The van der Waals surface area contributed by atoms with Crippen molar-refractivity contribution in [3.63, 3.8) is 0 Å². The molecule has 120 valence electrons. The first-order chi connectivity index (χ1) is 10.2. The van der Waals surface area contributed by atoms with Gasteiger partial charge in [0, 0.05) is 10.7 Å². The number of carbonyl (C=O) groups is 1. The molecular weight excluding hydrogens is 298 g/mol. The molecule has 22 heavy (non-hydrogen) atoms. The van der Waals surface area contributed by atoms with Gasteiger partial charge in [-0.3, -0.25) is 4.79 Å². The van der Waals surface area contributed by atoms with Gasteiger partial charge in [-0.05, 0) is 54.7 Å². The van der Waals surface area contributed by atoms with Gasteiger partial charge in [-0.25, -0.2) is 0 Å². The molecule has 0 radical (unpaired) electrons. The number of aliphatic hydroxyl groups is 1. The Hall–Kier alpha value is -1.06. The monoisotopic (exact) mass is 321 g/mol. The number of anilines is 1. The molecule has 3 unspecified atom stereocenters. The van der Waals surface area contributed by atoms with E-state index in [-0.39, 0.29) is 16.7 Å². The summed E-state index contributed by atoms with van der Waals surface area (Å²) in [6.07, 6.45) is 1.85. The van der Waals surface area contributed by atoms with Crippen molar-refractivity contribution in [2.24, 2.45) is 16.2 Å². The Morgan fingerprint density at radius 3 is 2.55 bits per heavy atom.